The van der Waals surface area contributed by atoms with Gasteiger partial charge < -0.3 is 10.1 Å². The van der Waals surface area contributed by atoms with Gasteiger partial charge in [0.1, 0.15) is 0 Å². The van der Waals surface area contributed by atoms with E-state index in [1.54, 1.807) is 24.4 Å². The van der Waals surface area contributed by atoms with Crippen LogP contribution in [0.25, 0.3) is 17.1 Å². The van der Waals surface area contributed by atoms with E-state index >= 15 is 0 Å². The first-order valence-electron chi connectivity index (χ1n) is 7.54. The summed E-state index contributed by atoms with van der Waals surface area (Å²) in [6.45, 7) is 5.48. The highest BCUT2D eigenvalue weighted by Crippen LogP contribution is 2.29. The number of thioether (sulfide) groups is 1. The second-order valence-corrected chi connectivity index (χ2v) is 7.33. The third-order valence-corrected chi connectivity index (χ3v) is 3.88. The summed E-state index contributed by atoms with van der Waals surface area (Å²) in [5.41, 5.74) is 1.67. The summed E-state index contributed by atoms with van der Waals surface area (Å²) in [4.78, 5) is 36.5. The standard InChI is InChI=1S/C17H16N4O3S/c1-17(2,3)21-15(23)24-16-20-14(22)13(25-16)9-10-6-7-11-12(19-10)5-4-8-18-11/h4-9H,1-3H3,(H,21,23). The first-order chi connectivity index (χ1) is 11.8. The maximum absolute atomic E-state index is 12.0. The van der Waals surface area contributed by atoms with Gasteiger partial charge >= 0.3 is 6.09 Å². The molecule has 128 valence electrons. The molecule has 0 saturated heterocycles. The molecule has 0 spiro atoms. The highest BCUT2D eigenvalue weighted by Gasteiger charge is 2.26. The Morgan fingerprint density at radius 3 is 2.80 bits per heavy atom. The molecule has 3 heterocycles. The van der Waals surface area contributed by atoms with Crippen molar-refractivity contribution in [2.24, 2.45) is 4.99 Å². The van der Waals surface area contributed by atoms with Crippen molar-refractivity contribution in [1.29, 1.82) is 0 Å². The van der Waals surface area contributed by atoms with Crippen molar-refractivity contribution >= 4 is 46.1 Å². The molecule has 1 aliphatic rings. The lowest BCUT2D eigenvalue weighted by molar-refractivity contribution is -0.113. The maximum Gasteiger partial charge on any atom is 0.414 e. The number of hydrogen-bond donors (Lipinski definition) is 1. The Morgan fingerprint density at radius 1 is 1.24 bits per heavy atom. The van der Waals surface area contributed by atoms with Crippen molar-refractivity contribution in [3.63, 3.8) is 0 Å². The van der Waals surface area contributed by atoms with Crippen LogP contribution >= 0.6 is 11.8 Å². The van der Waals surface area contributed by atoms with E-state index in [9.17, 15) is 9.59 Å². The van der Waals surface area contributed by atoms with Gasteiger partial charge in [-0.15, -0.1) is 0 Å². The molecule has 2 amide bonds. The number of alkyl carbamates (subject to hydrolysis) is 1. The largest absolute Gasteiger partial charge is 0.414 e. The molecule has 0 unspecified atom stereocenters. The number of amides is 2. The van der Waals surface area contributed by atoms with Crippen LogP contribution in [0.1, 0.15) is 26.5 Å². The van der Waals surface area contributed by atoms with Gasteiger partial charge in [-0.2, -0.15) is 4.99 Å². The van der Waals surface area contributed by atoms with Crippen LogP contribution in [0.3, 0.4) is 0 Å². The number of hydrogen-bond acceptors (Lipinski definition) is 6. The molecular formula is C17H16N4O3S. The molecule has 0 aliphatic carbocycles. The van der Waals surface area contributed by atoms with E-state index in [1.165, 1.54) is 0 Å². The molecule has 0 atom stereocenters. The van der Waals surface area contributed by atoms with Gasteiger partial charge in [-0.3, -0.25) is 9.78 Å². The summed E-state index contributed by atoms with van der Waals surface area (Å²) in [6, 6.07) is 7.23. The Labute approximate surface area is 148 Å². The molecule has 0 fully saturated rings. The first kappa shape index (κ1) is 17.1. The Morgan fingerprint density at radius 2 is 2.04 bits per heavy atom. The van der Waals surface area contributed by atoms with Gasteiger partial charge in [-0.05, 0) is 62.9 Å². The monoisotopic (exact) mass is 356 g/mol. The number of ether oxygens (including phenoxy) is 1. The number of carbonyl (C=O) groups is 2. The minimum absolute atomic E-state index is 0.000422. The highest BCUT2D eigenvalue weighted by molar-refractivity contribution is 8.18. The van der Waals surface area contributed by atoms with Crippen LogP contribution in [0.4, 0.5) is 4.79 Å². The summed E-state index contributed by atoms with van der Waals surface area (Å²) in [5, 5.41) is 2.64. The lowest BCUT2D eigenvalue weighted by Gasteiger charge is -2.19. The predicted molar refractivity (Wildman–Crippen MR) is 96.9 cm³/mol. The second kappa shape index (κ2) is 6.64. The van der Waals surface area contributed by atoms with E-state index in [0.29, 0.717) is 10.6 Å². The third kappa shape index (κ3) is 4.42. The van der Waals surface area contributed by atoms with Crippen LogP contribution in [0, 0.1) is 0 Å². The maximum atomic E-state index is 12.0. The van der Waals surface area contributed by atoms with Crippen molar-refractivity contribution in [2.45, 2.75) is 26.3 Å². The van der Waals surface area contributed by atoms with Crippen LogP contribution in [0.5, 0.6) is 0 Å². The molecule has 25 heavy (non-hydrogen) atoms. The van der Waals surface area contributed by atoms with Crippen LogP contribution in [-0.2, 0) is 9.53 Å². The minimum Gasteiger partial charge on any atom is -0.384 e. The van der Waals surface area contributed by atoms with Crippen molar-refractivity contribution in [3.05, 3.63) is 41.1 Å². The molecule has 7 nitrogen and oxygen atoms in total. The molecular weight excluding hydrogens is 340 g/mol. The lowest BCUT2D eigenvalue weighted by atomic mass is 10.1. The Hall–Kier alpha value is -2.74. The van der Waals surface area contributed by atoms with Gasteiger partial charge in [0, 0.05) is 11.7 Å². The number of nitrogens with zero attached hydrogens (tertiary/aromatic N) is 3. The number of nitrogens with one attached hydrogen (secondary N) is 1. The van der Waals surface area contributed by atoms with Crippen LogP contribution in [0.2, 0.25) is 0 Å². The Kier molecular flexibility index (Phi) is 4.54. The summed E-state index contributed by atoms with van der Waals surface area (Å²) >= 11 is 0.996. The molecule has 0 radical (unpaired) electrons. The Balaban J connectivity index is 1.73. The van der Waals surface area contributed by atoms with Gasteiger partial charge in [0.2, 0.25) is 0 Å². The van der Waals surface area contributed by atoms with Gasteiger partial charge in [-0.1, -0.05) is 0 Å². The fourth-order valence-electron chi connectivity index (χ4n) is 2.03. The number of pyridine rings is 2. The van der Waals surface area contributed by atoms with Crippen LogP contribution in [-0.4, -0.2) is 32.7 Å². The number of rotatable bonds is 1. The van der Waals surface area contributed by atoms with Crippen molar-refractivity contribution in [3.8, 4) is 0 Å². The average Bonchev–Trinajstić information content (AvgIpc) is 2.84. The third-order valence-electron chi connectivity index (χ3n) is 3.01. The van der Waals surface area contributed by atoms with E-state index < -0.39 is 17.5 Å². The smallest absolute Gasteiger partial charge is 0.384 e. The summed E-state index contributed by atoms with van der Waals surface area (Å²) < 4.78 is 5.07. The zero-order chi connectivity index (χ0) is 18.0. The van der Waals surface area contributed by atoms with Crippen LogP contribution in [0.15, 0.2) is 40.4 Å². The summed E-state index contributed by atoms with van der Waals surface area (Å²) in [7, 11) is 0. The molecule has 2 aromatic rings. The van der Waals surface area contributed by atoms with Gasteiger partial charge in [0.05, 0.1) is 21.6 Å². The fraction of sp³-hybridized carbons (Fsp3) is 0.235. The summed E-state index contributed by atoms with van der Waals surface area (Å²) in [5.74, 6) is -0.461. The minimum atomic E-state index is -0.650. The second-order valence-electron chi connectivity index (χ2n) is 6.34. The molecule has 0 saturated carbocycles. The van der Waals surface area contributed by atoms with Gasteiger partial charge in [0.25, 0.3) is 11.1 Å². The number of carbonyl (C=O) groups excluding carboxylic acids is 2. The zero-order valence-corrected chi connectivity index (χ0v) is 14.8. The van der Waals surface area contributed by atoms with E-state index in [-0.39, 0.29) is 5.23 Å². The predicted octanol–water partition coefficient (Wildman–Crippen LogP) is 3.12. The number of fused-ring (bicyclic) bond motifs is 1. The topological polar surface area (TPSA) is 93.5 Å². The van der Waals surface area contributed by atoms with Gasteiger partial charge in [0.15, 0.2) is 0 Å². The van der Waals surface area contributed by atoms with E-state index in [2.05, 4.69) is 20.3 Å². The van der Waals surface area contributed by atoms with E-state index in [0.717, 1.165) is 22.8 Å². The molecule has 0 bridgehead atoms. The fourth-order valence-corrected chi connectivity index (χ4v) is 2.78. The van der Waals surface area contributed by atoms with Crippen LogP contribution < -0.4 is 5.32 Å². The quantitative estimate of drug-likeness (QED) is 0.789. The molecule has 2 aromatic heterocycles. The van der Waals surface area contributed by atoms with Gasteiger partial charge in [-0.25, -0.2) is 9.78 Å². The first-order valence-corrected chi connectivity index (χ1v) is 8.36. The normalized spacial score (nSPS) is 16.2. The molecule has 1 aliphatic heterocycles. The summed E-state index contributed by atoms with van der Waals surface area (Å²) in [6.07, 6.45) is 2.65. The highest BCUT2D eigenvalue weighted by atomic mass is 32.2. The van der Waals surface area contributed by atoms with Crippen molar-refractivity contribution < 1.29 is 14.3 Å². The SMILES string of the molecule is CC(C)(C)NC(=O)OC1=NC(=O)C(=Cc2ccc3ncccc3n2)S1. The molecule has 0 aromatic carbocycles. The molecule has 1 N–H and O–H groups in total. The zero-order valence-electron chi connectivity index (χ0n) is 13.9. The van der Waals surface area contributed by atoms with E-state index in [1.807, 2.05) is 32.9 Å². The molecule has 8 heteroatoms. The van der Waals surface area contributed by atoms with Crippen molar-refractivity contribution in [2.75, 3.05) is 0 Å². The Bertz CT molecular complexity index is 915. The van der Waals surface area contributed by atoms with E-state index in [4.69, 9.17) is 4.74 Å². The number of aliphatic imine (C=N–C) groups is 1. The average molecular weight is 356 g/mol. The molecule has 3 rings (SSSR count). The lowest BCUT2D eigenvalue weighted by Crippen LogP contribution is -2.41. The van der Waals surface area contributed by atoms with Crippen molar-refractivity contribution in [1.82, 2.24) is 15.3 Å². The number of aromatic nitrogens is 2.